The second-order valence-corrected chi connectivity index (χ2v) is 7.31. The predicted molar refractivity (Wildman–Crippen MR) is 112 cm³/mol. The van der Waals surface area contributed by atoms with Gasteiger partial charge in [0.05, 0.1) is 19.3 Å². The van der Waals surface area contributed by atoms with E-state index in [1.54, 1.807) is 30.3 Å². The van der Waals surface area contributed by atoms with Crippen molar-refractivity contribution in [2.45, 2.75) is 26.8 Å². The molecule has 6 nitrogen and oxygen atoms in total. The Morgan fingerprint density at radius 2 is 1.79 bits per heavy atom. The summed E-state index contributed by atoms with van der Waals surface area (Å²) in [4.78, 5) is 24.1. The number of hydrogen-bond acceptors (Lipinski definition) is 5. The smallest absolute Gasteiger partial charge is 0.338 e. The summed E-state index contributed by atoms with van der Waals surface area (Å²) in [6.45, 7) is 4.74. The molecule has 0 radical (unpaired) electrons. The highest BCUT2D eigenvalue weighted by molar-refractivity contribution is 6.30. The summed E-state index contributed by atoms with van der Waals surface area (Å²) in [5, 5.41) is 3.31. The predicted octanol–water partition coefficient (Wildman–Crippen LogP) is 4.25. The minimum atomic E-state index is -0.612. The highest BCUT2D eigenvalue weighted by Gasteiger charge is 2.14. The maximum absolute atomic E-state index is 12.2. The third-order valence-corrected chi connectivity index (χ3v) is 4.34. The van der Waals surface area contributed by atoms with E-state index in [1.165, 1.54) is 7.11 Å². The average molecular weight is 420 g/mol. The van der Waals surface area contributed by atoms with Crippen LogP contribution in [0, 0.1) is 5.92 Å². The van der Waals surface area contributed by atoms with Crippen LogP contribution in [0.1, 0.15) is 36.2 Å². The van der Waals surface area contributed by atoms with Crippen molar-refractivity contribution in [1.82, 2.24) is 5.32 Å². The molecule has 0 aromatic heterocycles. The Kier molecular flexibility index (Phi) is 8.80. The van der Waals surface area contributed by atoms with Crippen LogP contribution >= 0.6 is 11.6 Å². The van der Waals surface area contributed by atoms with Gasteiger partial charge in [-0.2, -0.15) is 0 Å². The largest absolute Gasteiger partial charge is 0.493 e. The average Bonchev–Trinajstić information content (AvgIpc) is 2.71. The minimum absolute atomic E-state index is 0.281. The van der Waals surface area contributed by atoms with Crippen molar-refractivity contribution in [3.8, 4) is 11.5 Å². The van der Waals surface area contributed by atoms with Crippen molar-refractivity contribution in [2.75, 3.05) is 20.3 Å². The molecule has 0 fully saturated rings. The third-order valence-electron chi connectivity index (χ3n) is 4.09. The van der Waals surface area contributed by atoms with Crippen LogP contribution in [0.25, 0.3) is 0 Å². The minimum Gasteiger partial charge on any atom is -0.493 e. The number of esters is 1. The summed E-state index contributed by atoms with van der Waals surface area (Å²) in [6, 6.07) is 11.9. The monoisotopic (exact) mass is 419 g/mol. The Morgan fingerprint density at radius 3 is 2.45 bits per heavy atom. The molecule has 156 valence electrons. The van der Waals surface area contributed by atoms with Gasteiger partial charge in [-0.25, -0.2) is 4.79 Å². The molecular weight excluding hydrogens is 394 g/mol. The summed E-state index contributed by atoms with van der Waals surface area (Å²) in [5.41, 5.74) is 1.18. The van der Waals surface area contributed by atoms with Gasteiger partial charge in [0.2, 0.25) is 0 Å². The van der Waals surface area contributed by atoms with Gasteiger partial charge in [0.15, 0.2) is 18.1 Å². The number of benzene rings is 2. The van der Waals surface area contributed by atoms with Crippen LogP contribution in [0.2, 0.25) is 5.02 Å². The second-order valence-electron chi connectivity index (χ2n) is 6.88. The van der Waals surface area contributed by atoms with Crippen LogP contribution in [0.5, 0.6) is 11.5 Å². The number of ether oxygens (including phenoxy) is 3. The molecule has 2 aromatic carbocycles. The molecule has 0 atom stereocenters. The molecule has 0 spiro atoms. The Hall–Kier alpha value is -2.73. The fraction of sp³-hybridized carbons (Fsp3) is 0.364. The number of nitrogens with one attached hydrogen (secondary N) is 1. The Labute approximate surface area is 176 Å². The molecule has 0 bridgehead atoms. The van der Waals surface area contributed by atoms with Crippen molar-refractivity contribution in [3.63, 3.8) is 0 Å². The zero-order valence-electron chi connectivity index (χ0n) is 16.9. The first-order chi connectivity index (χ1) is 13.9. The van der Waals surface area contributed by atoms with Gasteiger partial charge < -0.3 is 19.5 Å². The van der Waals surface area contributed by atoms with Crippen LogP contribution in [-0.4, -0.2) is 32.2 Å². The molecule has 0 aliphatic heterocycles. The van der Waals surface area contributed by atoms with Crippen molar-refractivity contribution < 1.29 is 23.8 Å². The summed E-state index contributed by atoms with van der Waals surface area (Å²) < 4.78 is 16.1. The summed E-state index contributed by atoms with van der Waals surface area (Å²) in [7, 11) is 1.50. The zero-order valence-corrected chi connectivity index (χ0v) is 17.6. The van der Waals surface area contributed by atoms with Crippen molar-refractivity contribution in [1.29, 1.82) is 0 Å². The zero-order chi connectivity index (χ0) is 21.2. The van der Waals surface area contributed by atoms with E-state index in [4.69, 9.17) is 25.8 Å². The summed E-state index contributed by atoms with van der Waals surface area (Å²) in [5.74, 6) is 0.523. The molecule has 0 aliphatic rings. The van der Waals surface area contributed by atoms with Gasteiger partial charge >= 0.3 is 5.97 Å². The van der Waals surface area contributed by atoms with Crippen molar-refractivity contribution in [3.05, 3.63) is 58.6 Å². The first-order valence-corrected chi connectivity index (χ1v) is 9.76. The fourth-order valence-corrected chi connectivity index (χ4v) is 2.51. The van der Waals surface area contributed by atoms with E-state index in [0.717, 1.165) is 12.0 Å². The van der Waals surface area contributed by atoms with Crippen LogP contribution < -0.4 is 14.8 Å². The maximum Gasteiger partial charge on any atom is 0.338 e. The molecule has 1 N–H and O–H groups in total. The number of carbonyl (C=O) groups excluding carboxylic acids is 2. The SMILES string of the molecule is COc1cc(C(=O)OCC(=O)NCc2ccc(Cl)cc2)ccc1OCCC(C)C. The topological polar surface area (TPSA) is 73.9 Å². The van der Waals surface area contributed by atoms with Gasteiger partial charge in [-0.3, -0.25) is 4.79 Å². The maximum atomic E-state index is 12.2. The molecule has 0 saturated heterocycles. The fourth-order valence-electron chi connectivity index (χ4n) is 2.39. The molecule has 2 aromatic rings. The van der Waals surface area contributed by atoms with Crippen molar-refractivity contribution >= 4 is 23.5 Å². The second kappa shape index (κ2) is 11.3. The Bertz CT molecular complexity index is 820. The first-order valence-electron chi connectivity index (χ1n) is 9.38. The van der Waals surface area contributed by atoms with Crippen molar-refractivity contribution in [2.24, 2.45) is 5.92 Å². The van der Waals surface area contributed by atoms with Gasteiger partial charge in [-0.1, -0.05) is 37.6 Å². The molecule has 0 saturated carbocycles. The van der Waals surface area contributed by atoms with Crippen LogP contribution in [-0.2, 0) is 16.1 Å². The van der Waals surface area contributed by atoms with Gasteiger partial charge in [0.25, 0.3) is 5.91 Å². The number of rotatable bonds is 10. The van der Waals surface area contributed by atoms with Crippen LogP contribution in [0.4, 0.5) is 0 Å². The normalized spacial score (nSPS) is 10.5. The standard InChI is InChI=1S/C22H26ClNO5/c1-15(2)10-11-28-19-9-6-17(12-20(19)27-3)22(26)29-14-21(25)24-13-16-4-7-18(23)8-5-16/h4-9,12,15H,10-11,13-14H2,1-3H3,(H,24,25). The van der Waals surface area contributed by atoms with E-state index in [-0.39, 0.29) is 12.2 Å². The van der Waals surface area contributed by atoms with Gasteiger partial charge in [0, 0.05) is 11.6 Å². The van der Waals surface area contributed by atoms with E-state index in [0.29, 0.717) is 35.6 Å². The summed E-state index contributed by atoms with van der Waals surface area (Å²) in [6.07, 6.45) is 0.915. The van der Waals surface area contributed by atoms with E-state index in [9.17, 15) is 9.59 Å². The van der Waals surface area contributed by atoms with E-state index in [1.807, 2.05) is 12.1 Å². The molecule has 0 unspecified atom stereocenters. The first kappa shape index (κ1) is 22.6. The Balaban J connectivity index is 1.84. The molecule has 0 aliphatic carbocycles. The third kappa shape index (κ3) is 7.66. The highest BCUT2D eigenvalue weighted by atomic mass is 35.5. The number of hydrogen-bond donors (Lipinski definition) is 1. The van der Waals surface area contributed by atoms with E-state index < -0.39 is 11.9 Å². The van der Waals surface area contributed by atoms with Gasteiger partial charge in [-0.15, -0.1) is 0 Å². The van der Waals surface area contributed by atoms with Crippen LogP contribution in [0.15, 0.2) is 42.5 Å². The lowest BCUT2D eigenvalue weighted by atomic mass is 10.1. The number of amides is 1. The molecule has 2 rings (SSSR count). The molecule has 0 heterocycles. The van der Waals surface area contributed by atoms with E-state index >= 15 is 0 Å². The highest BCUT2D eigenvalue weighted by Crippen LogP contribution is 2.28. The quantitative estimate of drug-likeness (QED) is 0.583. The summed E-state index contributed by atoms with van der Waals surface area (Å²) >= 11 is 5.82. The molecular formula is C22H26ClNO5. The Morgan fingerprint density at radius 1 is 1.07 bits per heavy atom. The van der Waals surface area contributed by atoms with Gasteiger partial charge in [0.1, 0.15) is 0 Å². The van der Waals surface area contributed by atoms with Crippen LogP contribution in [0.3, 0.4) is 0 Å². The number of halogens is 1. The number of methoxy groups -OCH3 is 1. The van der Waals surface area contributed by atoms with E-state index in [2.05, 4.69) is 19.2 Å². The molecule has 29 heavy (non-hydrogen) atoms. The lowest BCUT2D eigenvalue weighted by molar-refractivity contribution is -0.124. The lowest BCUT2D eigenvalue weighted by Gasteiger charge is -2.13. The molecule has 7 heteroatoms. The molecule has 1 amide bonds. The van der Waals surface area contributed by atoms with Gasteiger partial charge in [-0.05, 0) is 48.2 Å². The number of carbonyl (C=O) groups is 2. The lowest BCUT2D eigenvalue weighted by Crippen LogP contribution is -2.28.